The zero-order valence-electron chi connectivity index (χ0n) is 16.3. The summed E-state index contributed by atoms with van der Waals surface area (Å²) in [6.07, 6.45) is 0. The third kappa shape index (κ3) is 3.66. The second-order valence-electron chi connectivity index (χ2n) is 7.00. The van der Waals surface area contributed by atoms with Gasteiger partial charge in [-0.15, -0.1) is 0 Å². The number of hydrogen-bond acceptors (Lipinski definition) is 5. The van der Waals surface area contributed by atoms with E-state index in [0.717, 1.165) is 10.9 Å². The number of rotatable bonds is 4. The SMILES string of the molecule is Cc1ccc(NC(=O)c2oc3ccccc3c2C)cc1S(=O)(=O)N1CCOCC1. The summed E-state index contributed by atoms with van der Waals surface area (Å²) >= 11 is 0. The highest BCUT2D eigenvalue weighted by molar-refractivity contribution is 7.89. The third-order valence-electron chi connectivity index (χ3n) is 5.08. The molecule has 0 atom stereocenters. The molecular formula is C21H22N2O5S. The number of nitrogens with zero attached hydrogens (tertiary/aromatic N) is 1. The molecule has 8 heteroatoms. The number of furan rings is 1. The first-order valence-corrected chi connectivity index (χ1v) is 10.8. The molecule has 1 fully saturated rings. The molecule has 7 nitrogen and oxygen atoms in total. The number of nitrogens with one attached hydrogen (secondary N) is 1. The Kier molecular flexibility index (Phi) is 5.16. The van der Waals surface area contributed by atoms with E-state index in [-0.39, 0.29) is 10.7 Å². The van der Waals surface area contributed by atoms with Crippen molar-refractivity contribution in [3.05, 3.63) is 59.4 Å². The van der Waals surface area contributed by atoms with Crippen molar-refractivity contribution >= 4 is 32.6 Å². The van der Waals surface area contributed by atoms with E-state index in [1.165, 1.54) is 10.4 Å². The number of hydrogen-bond donors (Lipinski definition) is 1. The van der Waals surface area contributed by atoms with Crippen LogP contribution in [0.25, 0.3) is 11.0 Å². The second-order valence-corrected chi connectivity index (χ2v) is 8.91. The van der Waals surface area contributed by atoms with Gasteiger partial charge in [0.1, 0.15) is 5.58 Å². The van der Waals surface area contributed by atoms with E-state index in [4.69, 9.17) is 9.15 Å². The standard InChI is InChI=1S/C21H22N2O5S/c1-14-7-8-16(13-19(14)29(25,26)23-9-11-27-12-10-23)22-21(24)20-15(2)17-5-3-4-6-18(17)28-20/h3-8,13H,9-12H2,1-2H3,(H,22,24). The van der Waals surface area contributed by atoms with Crippen LogP contribution in [-0.2, 0) is 14.8 Å². The molecule has 0 spiro atoms. The number of carbonyl (C=O) groups is 1. The lowest BCUT2D eigenvalue weighted by molar-refractivity contribution is 0.0730. The molecular weight excluding hydrogens is 392 g/mol. The van der Waals surface area contributed by atoms with E-state index < -0.39 is 15.9 Å². The Hall–Kier alpha value is -2.68. The average Bonchev–Trinajstić information content (AvgIpc) is 3.07. The van der Waals surface area contributed by atoms with E-state index in [0.29, 0.717) is 43.1 Å². The molecule has 1 amide bonds. The van der Waals surface area contributed by atoms with Gasteiger partial charge < -0.3 is 14.5 Å². The first-order chi connectivity index (χ1) is 13.9. The van der Waals surface area contributed by atoms with Gasteiger partial charge >= 0.3 is 0 Å². The Bertz CT molecular complexity index is 1180. The van der Waals surface area contributed by atoms with Gasteiger partial charge in [-0.1, -0.05) is 24.3 Å². The maximum absolute atomic E-state index is 13.0. The summed E-state index contributed by atoms with van der Waals surface area (Å²) in [5, 5.41) is 3.63. The Morgan fingerprint density at radius 3 is 2.52 bits per heavy atom. The molecule has 3 aromatic rings. The van der Waals surface area contributed by atoms with Crippen molar-refractivity contribution in [3.63, 3.8) is 0 Å². The lowest BCUT2D eigenvalue weighted by atomic mass is 10.1. The monoisotopic (exact) mass is 414 g/mol. The highest BCUT2D eigenvalue weighted by Gasteiger charge is 2.28. The lowest BCUT2D eigenvalue weighted by Crippen LogP contribution is -2.40. The minimum absolute atomic E-state index is 0.179. The molecule has 1 aliphatic rings. The molecule has 1 aliphatic heterocycles. The first-order valence-electron chi connectivity index (χ1n) is 9.36. The quantitative estimate of drug-likeness (QED) is 0.707. The van der Waals surface area contributed by atoms with Crippen LogP contribution in [0.15, 0.2) is 51.8 Å². The van der Waals surface area contributed by atoms with Crippen molar-refractivity contribution in [1.82, 2.24) is 4.31 Å². The van der Waals surface area contributed by atoms with Crippen LogP contribution in [0.4, 0.5) is 5.69 Å². The predicted octanol–water partition coefficient (Wildman–Crippen LogP) is 3.32. The molecule has 29 heavy (non-hydrogen) atoms. The predicted molar refractivity (Wildman–Crippen MR) is 110 cm³/mol. The molecule has 0 unspecified atom stereocenters. The third-order valence-corrected chi connectivity index (χ3v) is 7.12. The van der Waals surface area contributed by atoms with Gasteiger partial charge in [-0.3, -0.25) is 4.79 Å². The van der Waals surface area contributed by atoms with Crippen LogP contribution in [0.3, 0.4) is 0 Å². The van der Waals surface area contributed by atoms with Crippen LogP contribution >= 0.6 is 0 Å². The average molecular weight is 414 g/mol. The summed E-state index contributed by atoms with van der Waals surface area (Å²) in [6, 6.07) is 12.3. The van der Waals surface area contributed by atoms with E-state index in [1.54, 1.807) is 25.1 Å². The molecule has 152 valence electrons. The summed E-state index contributed by atoms with van der Waals surface area (Å²) in [4.78, 5) is 13.0. The number of para-hydroxylation sites is 1. The van der Waals surface area contributed by atoms with Gasteiger partial charge in [0.2, 0.25) is 10.0 Å². The van der Waals surface area contributed by atoms with Crippen molar-refractivity contribution in [2.45, 2.75) is 18.7 Å². The highest BCUT2D eigenvalue weighted by atomic mass is 32.2. The van der Waals surface area contributed by atoms with Crippen molar-refractivity contribution in [1.29, 1.82) is 0 Å². The highest BCUT2D eigenvalue weighted by Crippen LogP contribution is 2.27. The Balaban J connectivity index is 1.63. The summed E-state index contributed by atoms with van der Waals surface area (Å²) < 4.78 is 38.4. The number of fused-ring (bicyclic) bond motifs is 1. The fourth-order valence-electron chi connectivity index (χ4n) is 3.46. The fraction of sp³-hybridized carbons (Fsp3) is 0.286. The van der Waals surface area contributed by atoms with Crippen molar-refractivity contribution in [2.75, 3.05) is 31.6 Å². The van der Waals surface area contributed by atoms with E-state index >= 15 is 0 Å². The summed E-state index contributed by atoms with van der Waals surface area (Å²) in [5.74, 6) is -0.207. The zero-order chi connectivity index (χ0) is 20.6. The molecule has 0 saturated carbocycles. The van der Waals surface area contributed by atoms with E-state index in [2.05, 4.69) is 5.32 Å². The molecule has 1 saturated heterocycles. The van der Waals surface area contributed by atoms with Crippen LogP contribution in [-0.4, -0.2) is 44.9 Å². The summed E-state index contributed by atoms with van der Waals surface area (Å²) in [7, 11) is -3.67. The number of sulfonamides is 1. The van der Waals surface area contributed by atoms with E-state index in [9.17, 15) is 13.2 Å². The first kappa shape index (κ1) is 19.6. The van der Waals surface area contributed by atoms with Crippen LogP contribution < -0.4 is 5.32 Å². The Labute approximate surface area is 169 Å². The molecule has 2 aromatic carbocycles. The fourth-order valence-corrected chi connectivity index (χ4v) is 5.12. The maximum Gasteiger partial charge on any atom is 0.291 e. The largest absolute Gasteiger partial charge is 0.451 e. The van der Waals surface area contributed by atoms with Gasteiger partial charge in [-0.05, 0) is 37.6 Å². The molecule has 0 bridgehead atoms. The minimum atomic E-state index is -3.67. The molecule has 1 N–H and O–H groups in total. The van der Waals surface area contributed by atoms with Crippen LogP contribution in [0, 0.1) is 13.8 Å². The zero-order valence-corrected chi connectivity index (χ0v) is 17.1. The maximum atomic E-state index is 13.0. The van der Waals surface area contributed by atoms with Gasteiger partial charge in [0.05, 0.1) is 18.1 Å². The van der Waals surface area contributed by atoms with E-state index in [1.807, 2.05) is 25.1 Å². The van der Waals surface area contributed by atoms with Crippen molar-refractivity contribution in [2.24, 2.45) is 0 Å². The van der Waals surface area contributed by atoms with Crippen LogP contribution in [0.5, 0.6) is 0 Å². The minimum Gasteiger partial charge on any atom is -0.451 e. The van der Waals surface area contributed by atoms with Gasteiger partial charge in [0, 0.05) is 29.7 Å². The molecule has 1 aromatic heterocycles. The Morgan fingerprint density at radius 2 is 1.79 bits per heavy atom. The number of carbonyl (C=O) groups excluding carboxylic acids is 1. The number of morpholine rings is 1. The summed E-state index contributed by atoms with van der Waals surface area (Å²) in [5.41, 5.74) is 2.39. The second kappa shape index (κ2) is 7.62. The topological polar surface area (TPSA) is 88.8 Å². The van der Waals surface area contributed by atoms with Gasteiger partial charge in [-0.2, -0.15) is 4.31 Å². The van der Waals surface area contributed by atoms with Gasteiger partial charge in [-0.25, -0.2) is 8.42 Å². The number of anilines is 1. The number of aryl methyl sites for hydroxylation is 2. The number of benzene rings is 2. The normalized spacial score (nSPS) is 15.5. The number of amides is 1. The Morgan fingerprint density at radius 1 is 1.07 bits per heavy atom. The van der Waals surface area contributed by atoms with Crippen molar-refractivity contribution in [3.8, 4) is 0 Å². The summed E-state index contributed by atoms with van der Waals surface area (Å²) in [6.45, 7) is 4.94. The molecule has 2 heterocycles. The molecule has 4 rings (SSSR count). The molecule has 0 radical (unpaired) electrons. The van der Waals surface area contributed by atoms with Crippen molar-refractivity contribution < 1.29 is 22.4 Å². The number of ether oxygens (including phenoxy) is 1. The van der Waals surface area contributed by atoms with Gasteiger partial charge in [0.15, 0.2) is 5.76 Å². The smallest absolute Gasteiger partial charge is 0.291 e. The van der Waals surface area contributed by atoms with Crippen LogP contribution in [0.2, 0.25) is 0 Å². The molecule has 0 aliphatic carbocycles. The van der Waals surface area contributed by atoms with Gasteiger partial charge in [0.25, 0.3) is 5.91 Å². The lowest BCUT2D eigenvalue weighted by Gasteiger charge is -2.26. The van der Waals surface area contributed by atoms with Crippen LogP contribution in [0.1, 0.15) is 21.7 Å².